The van der Waals surface area contributed by atoms with E-state index >= 15 is 0 Å². The largest absolute Gasteiger partial charge is 0.308 e. The molecule has 86 heavy (non-hydrogen) atoms. The molecule has 0 bridgehead atoms. The van der Waals surface area contributed by atoms with Gasteiger partial charge in [-0.25, -0.2) is 0 Å². The average Bonchev–Trinajstić information content (AvgIpc) is 1.54. The fourth-order valence-electron chi connectivity index (χ4n) is 15.9. The van der Waals surface area contributed by atoms with Crippen LogP contribution in [0.3, 0.4) is 0 Å². The average molecular weight is 1090 g/mol. The first-order chi connectivity index (χ1) is 42.7. The van der Waals surface area contributed by atoms with Gasteiger partial charge in [0.2, 0.25) is 0 Å². The van der Waals surface area contributed by atoms with E-state index in [9.17, 15) is 0 Å². The van der Waals surface area contributed by atoms with Crippen molar-refractivity contribution in [3.63, 3.8) is 0 Å². The quantitative estimate of drug-likeness (QED) is 0.167. The molecule has 18 aromatic rings. The predicted octanol–water partition coefficient (Wildman–Crippen LogP) is 23.0. The summed E-state index contributed by atoms with van der Waals surface area (Å²) in [5, 5.41) is 10.1. The van der Waals surface area contributed by atoms with Crippen LogP contribution in [0.2, 0.25) is 0 Å². The summed E-state index contributed by atoms with van der Waals surface area (Å²) >= 11 is 0. The highest BCUT2D eigenvalue weighted by Crippen LogP contribution is 2.56. The monoisotopic (exact) mass is 1080 g/mol. The molecular weight excluding hydrogens is 1040 g/mol. The highest BCUT2D eigenvalue weighted by Gasteiger charge is 2.31. The van der Waals surface area contributed by atoms with E-state index < -0.39 is 0 Å². The lowest BCUT2D eigenvalue weighted by Gasteiger charge is -2.23. The van der Waals surface area contributed by atoms with Gasteiger partial charge in [0.1, 0.15) is 0 Å². The topological polar surface area (TPSA) is 8.82 Å². The van der Waals surface area contributed by atoms with Gasteiger partial charge in [-0.3, -0.25) is 0 Å². The molecule has 2 heteroatoms. The molecule has 0 saturated carbocycles. The maximum atomic E-state index is 2.64. The van der Waals surface area contributed by atoms with Gasteiger partial charge >= 0.3 is 0 Å². The molecule has 14 aromatic carbocycles. The molecule has 4 aromatic heterocycles. The van der Waals surface area contributed by atoms with Crippen molar-refractivity contribution >= 4 is 76.2 Å². The summed E-state index contributed by atoms with van der Waals surface area (Å²) in [5.41, 5.74) is 34.5. The summed E-state index contributed by atoms with van der Waals surface area (Å²) in [5.74, 6) is 0. The molecule has 0 atom stereocenters. The fraction of sp³-hybridized carbons (Fsp3) is 0. The third-order valence-electron chi connectivity index (χ3n) is 19.5. The highest BCUT2D eigenvalue weighted by molar-refractivity contribution is 6.35. The zero-order valence-corrected chi connectivity index (χ0v) is 46.6. The van der Waals surface area contributed by atoms with E-state index in [1.165, 1.54) is 199 Å². The SMILES string of the molecule is c1ccc(-c2cc(-c3ccccc3)cc(-c3c4c5cccc6c7cc8c(cc7n(c4cc4c3c3cccc7c9cc%10c(cc9n4c73)-c3ccccc3-c3ccccc3-c3ccccc3-%10)c65)-c3ccccc3-c3ccccc3-c3ccccc3-8)c2)cc1. The summed E-state index contributed by atoms with van der Waals surface area (Å²) in [6, 6.07) is 110. The third kappa shape index (κ3) is 6.14. The second-order valence-electron chi connectivity index (χ2n) is 23.7. The van der Waals surface area contributed by atoms with Crippen LogP contribution in [0.4, 0.5) is 0 Å². The lowest BCUT2D eigenvalue weighted by atomic mass is 9.80. The van der Waals surface area contributed by atoms with Gasteiger partial charge in [0, 0.05) is 48.7 Å². The highest BCUT2D eigenvalue weighted by atomic mass is 14.9. The van der Waals surface area contributed by atoms with Crippen LogP contribution in [-0.2, 0) is 0 Å². The van der Waals surface area contributed by atoms with Gasteiger partial charge in [-0.1, -0.05) is 243 Å². The summed E-state index contributed by atoms with van der Waals surface area (Å²) in [7, 11) is 0. The van der Waals surface area contributed by atoms with Crippen molar-refractivity contribution in [3.05, 3.63) is 291 Å². The molecule has 0 saturated heterocycles. The molecule has 2 nitrogen and oxygen atoms in total. The Kier molecular flexibility index (Phi) is 9.21. The fourth-order valence-corrected chi connectivity index (χ4v) is 15.9. The number of rotatable bonds is 3. The van der Waals surface area contributed by atoms with Crippen molar-refractivity contribution in [3.8, 4) is 122 Å². The minimum absolute atomic E-state index is 1.19. The van der Waals surface area contributed by atoms with Crippen molar-refractivity contribution < 1.29 is 0 Å². The standard InChI is InChI=1S/C84H48N2/c1-3-21-49(22-4-1)51-41-52(50-23-5-2-6-24-50)43-53(42-51)80-81-68-39-19-37-66-74-44-70-62-33-15-11-29-58(62)54-25-7-9-27-56(54)60-31-13-17-35-64(60)72(70)46-76(74)85(83(66)68)78(81)48-79-82(80)69-40-20-38-67-75-45-71-63-34-16-12-30-59(63)55-26-8-10-28-57(55)61-32-14-18-36-65(61)73(71)47-77(75)86(79)84(67)69/h1-48H. The molecule has 0 N–H and O–H groups in total. The summed E-state index contributed by atoms with van der Waals surface area (Å²) in [6.07, 6.45) is 0. The Labute approximate surface area is 495 Å². The summed E-state index contributed by atoms with van der Waals surface area (Å²) in [6.45, 7) is 0. The molecule has 0 fully saturated rings. The van der Waals surface area contributed by atoms with E-state index in [-0.39, 0.29) is 0 Å². The van der Waals surface area contributed by atoms with Crippen LogP contribution in [0.5, 0.6) is 0 Å². The Morgan fingerprint density at radius 3 is 0.779 bits per heavy atom. The van der Waals surface area contributed by atoms with Gasteiger partial charge in [0.05, 0.1) is 33.1 Å². The minimum atomic E-state index is 1.19. The van der Waals surface area contributed by atoms with E-state index in [1.54, 1.807) is 0 Å². The second kappa shape index (κ2) is 17.1. The molecule has 394 valence electrons. The molecule has 0 radical (unpaired) electrons. The first-order valence-electron chi connectivity index (χ1n) is 30.0. The van der Waals surface area contributed by atoms with Crippen LogP contribution in [-0.4, -0.2) is 8.80 Å². The number of hydrogen-bond donors (Lipinski definition) is 0. The number of para-hydroxylation sites is 2. The zero-order valence-electron chi connectivity index (χ0n) is 46.6. The Hall–Kier alpha value is -11.3. The number of benzene rings is 14. The molecule has 2 aliphatic rings. The van der Waals surface area contributed by atoms with Crippen molar-refractivity contribution in [2.75, 3.05) is 0 Å². The van der Waals surface area contributed by atoms with Crippen LogP contribution in [0.1, 0.15) is 0 Å². The number of aromatic nitrogens is 2. The van der Waals surface area contributed by atoms with Crippen molar-refractivity contribution in [1.29, 1.82) is 0 Å². The van der Waals surface area contributed by atoms with Gasteiger partial charge < -0.3 is 8.80 Å². The van der Waals surface area contributed by atoms with Crippen LogP contribution in [0.25, 0.3) is 199 Å². The van der Waals surface area contributed by atoms with Gasteiger partial charge in [-0.15, -0.1) is 0 Å². The minimum Gasteiger partial charge on any atom is -0.308 e. The molecule has 2 aliphatic carbocycles. The zero-order chi connectivity index (χ0) is 55.9. The maximum absolute atomic E-state index is 2.64. The van der Waals surface area contributed by atoms with Crippen LogP contribution >= 0.6 is 0 Å². The first-order valence-corrected chi connectivity index (χ1v) is 30.0. The lowest BCUT2D eigenvalue weighted by Crippen LogP contribution is -1.97. The van der Waals surface area contributed by atoms with Crippen LogP contribution in [0.15, 0.2) is 291 Å². The maximum Gasteiger partial charge on any atom is 0.0620 e. The Morgan fingerprint density at radius 1 is 0.163 bits per heavy atom. The van der Waals surface area contributed by atoms with Gasteiger partial charge in [-0.05, 0) is 165 Å². The van der Waals surface area contributed by atoms with Crippen molar-refractivity contribution in [2.24, 2.45) is 0 Å². The Morgan fingerprint density at radius 2 is 0.442 bits per heavy atom. The molecule has 0 amide bonds. The molecule has 0 unspecified atom stereocenters. The summed E-state index contributed by atoms with van der Waals surface area (Å²) in [4.78, 5) is 0. The first kappa shape index (κ1) is 46.2. The van der Waals surface area contributed by atoms with E-state index in [0.29, 0.717) is 0 Å². The Bertz CT molecular complexity index is 5580. The molecule has 20 rings (SSSR count). The number of fused-ring (bicyclic) bond motifs is 28. The normalized spacial score (nSPS) is 12.4. The molecule has 4 heterocycles. The van der Waals surface area contributed by atoms with Crippen LogP contribution in [0, 0.1) is 0 Å². The van der Waals surface area contributed by atoms with Crippen LogP contribution < -0.4 is 0 Å². The summed E-state index contributed by atoms with van der Waals surface area (Å²) < 4.78 is 5.29. The lowest BCUT2D eigenvalue weighted by molar-refractivity contribution is 1.35. The number of nitrogens with zero attached hydrogens (tertiary/aromatic N) is 2. The van der Waals surface area contributed by atoms with Gasteiger partial charge in [0.25, 0.3) is 0 Å². The van der Waals surface area contributed by atoms with Crippen molar-refractivity contribution in [1.82, 2.24) is 8.80 Å². The van der Waals surface area contributed by atoms with Crippen molar-refractivity contribution in [2.45, 2.75) is 0 Å². The van der Waals surface area contributed by atoms with E-state index in [1.807, 2.05) is 0 Å². The molecule has 0 spiro atoms. The predicted molar refractivity (Wildman–Crippen MR) is 363 cm³/mol. The van der Waals surface area contributed by atoms with E-state index in [0.717, 1.165) is 0 Å². The Balaban J connectivity index is 0.972. The van der Waals surface area contributed by atoms with E-state index in [2.05, 4.69) is 300 Å². The molecule has 0 aliphatic heterocycles. The third-order valence-corrected chi connectivity index (χ3v) is 19.5. The molecular formula is C84H48N2. The smallest absolute Gasteiger partial charge is 0.0620 e. The second-order valence-corrected chi connectivity index (χ2v) is 23.7. The van der Waals surface area contributed by atoms with E-state index in [4.69, 9.17) is 0 Å². The van der Waals surface area contributed by atoms with Gasteiger partial charge in [0.15, 0.2) is 0 Å². The number of hydrogen-bond acceptors (Lipinski definition) is 0. The van der Waals surface area contributed by atoms with Gasteiger partial charge in [-0.2, -0.15) is 0 Å².